The first-order valence-corrected chi connectivity index (χ1v) is 6.13. The van der Waals surface area contributed by atoms with Crippen molar-refractivity contribution in [3.8, 4) is 0 Å². The Morgan fingerprint density at radius 1 is 1.53 bits per heavy atom. The van der Waals surface area contributed by atoms with Crippen molar-refractivity contribution in [2.45, 2.75) is 38.8 Å². The van der Waals surface area contributed by atoms with Gasteiger partial charge in [0.05, 0.1) is 18.3 Å². The Hall–Kier alpha value is -0.780. The first kappa shape index (κ1) is 18.2. The number of amides is 1. The summed E-state index contributed by atoms with van der Waals surface area (Å²) in [5.41, 5.74) is 6.79. The Labute approximate surface area is 126 Å². The molecule has 2 atom stereocenters. The summed E-state index contributed by atoms with van der Waals surface area (Å²) in [5.74, 6) is 0.0404. The Kier molecular flexibility index (Phi) is 7.41. The molecule has 0 radical (unpaired) electrons. The number of aryl methyl sites for hydroxylation is 1. The summed E-state index contributed by atoms with van der Waals surface area (Å²) in [7, 11) is 0. The molecule has 110 valence electrons. The van der Waals surface area contributed by atoms with Crippen LogP contribution in [-0.2, 0) is 4.79 Å². The number of hydrogen-bond acceptors (Lipinski definition) is 3. The van der Waals surface area contributed by atoms with Crippen molar-refractivity contribution in [3.63, 3.8) is 0 Å². The Bertz CT molecular complexity index is 408. The summed E-state index contributed by atoms with van der Waals surface area (Å²) in [4.78, 5) is 13.7. The van der Waals surface area contributed by atoms with E-state index in [1.54, 1.807) is 6.92 Å². The Morgan fingerprint density at radius 2 is 2.21 bits per heavy atom. The molecule has 1 unspecified atom stereocenters. The Balaban J connectivity index is 0.00000162. The van der Waals surface area contributed by atoms with Crippen LogP contribution in [0.2, 0.25) is 0 Å². The minimum Gasteiger partial charge on any atom is -0.339 e. The average Bonchev–Trinajstić information content (AvgIpc) is 2.75. The maximum Gasteiger partial charge on any atom is 0.239 e. The zero-order valence-electron chi connectivity index (χ0n) is 11.3. The van der Waals surface area contributed by atoms with Crippen LogP contribution in [0.3, 0.4) is 0 Å². The molecule has 1 aliphatic rings. The highest BCUT2D eigenvalue weighted by atomic mass is 35.5. The fourth-order valence-electron chi connectivity index (χ4n) is 2.29. The Morgan fingerprint density at radius 3 is 2.74 bits per heavy atom. The number of nitrogens with zero attached hydrogens (tertiary/aromatic N) is 3. The van der Waals surface area contributed by atoms with Crippen LogP contribution >= 0.6 is 24.8 Å². The minimum atomic E-state index is -0.409. The third-order valence-electron chi connectivity index (χ3n) is 3.20. The summed E-state index contributed by atoms with van der Waals surface area (Å²) in [6, 6.07) is -0.117. The zero-order chi connectivity index (χ0) is 12.4. The third kappa shape index (κ3) is 4.37. The fraction of sp³-hybridized carbons (Fsp3) is 0.667. The second-order valence-electron chi connectivity index (χ2n) is 4.87. The first-order valence-electron chi connectivity index (χ1n) is 6.13. The van der Waals surface area contributed by atoms with Crippen molar-refractivity contribution in [1.29, 1.82) is 0 Å². The number of carbonyl (C=O) groups excluding carboxylic acids is 1. The third-order valence-corrected chi connectivity index (χ3v) is 3.20. The summed E-state index contributed by atoms with van der Waals surface area (Å²) < 4.78 is 1.97. The second kappa shape index (κ2) is 7.72. The van der Waals surface area contributed by atoms with Gasteiger partial charge in [-0.05, 0) is 32.3 Å². The second-order valence-corrected chi connectivity index (χ2v) is 4.87. The number of carbonyl (C=O) groups is 1. The highest BCUT2D eigenvalue weighted by Gasteiger charge is 2.26. The summed E-state index contributed by atoms with van der Waals surface area (Å²) >= 11 is 0. The fourth-order valence-corrected chi connectivity index (χ4v) is 2.29. The topological polar surface area (TPSA) is 64.2 Å². The number of nitrogens with two attached hydrogens (primary N) is 1. The van der Waals surface area contributed by atoms with Gasteiger partial charge in [0.1, 0.15) is 0 Å². The number of halogens is 2. The van der Waals surface area contributed by atoms with Gasteiger partial charge >= 0.3 is 0 Å². The molecule has 2 rings (SSSR count). The molecule has 5 nitrogen and oxygen atoms in total. The van der Waals surface area contributed by atoms with Crippen LogP contribution in [0, 0.1) is 6.92 Å². The molecule has 0 saturated carbocycles. The van der Waals surface area contributed by atoms with Gasteiger partial charge in [-0.15, -0.1) is 24.8 Å². The molecule has 7 heteroatoms. The van der Waals surface area contributed by atoms with Gasteiger partial charge in [0.15, 0.2) is 0 Å². The molecule has 1 aliphatic heterocycles. The van der Waals surface area contributed by atoms with Crippen LogP contribution in [0.25, 0.3) is 0 Å². The maximum absolute atomic E-state index is 11.9. The molecule has 2 heterocycles. The van der Waals surface area contributed by atoms with E-state index in [9.17, 15) is 4.79 Å². The largest absolute Gasteiger partial charge is 0.339 e. The van der Waals surface area contributed by atoms with Gasteiger partial charge in [-0.25, -0.2) is 0 Å². The van der Waals surface area contributed by atoms with E-state index in [2.05, 4.69) is 5.10 Å². The van der Waals surface area contributed by atoms with Crippen LogP contribution in [0.15, 0.2) is 12.4 Å². The molecule has 0 aliphatic carbocycles. The first-order chi connectivity index (χ1) is 8.08. The summed E-state index contributed by atoms with van der Waals surface area (Å²) in [5, 5.41) is 4.33. The number of hydrogen-bond donors (Lipinski definition) is 1. The highest BCUT2D eigenvalue weighted by molar-refractivity contribution is 5.85. The molecule has 0 aromatic carbocycles. The lowest BCUT2D eigenvalue weighted by Gasteiger charge is -2.33. The number of piperidine rings is 1. The summed E-state index contributed by atoms with van der Waals surface area (Å²) in [6.07, 6.45) is 5.97. The van der Waals surface area contributed by atoms with E-state index >= 15 is 0 Å². The molecular weight excluding hydrogens is 287 g/mol. The molecule has 0 bridgehead atoms. The molecule has 1 aromatic rings. The normalized spacial score (nSPS) is 20.2. The van der Waals surface area contributed by atoms with Gasteiger partial charge < -0.3 is 10.6 Å². The quantitative estimate of drug-likeness (QED) is 0.901. The molecule has 1 fully saturated rings. The molecule has 1 saturated heterocycles. The van der Waals surface area contributed by atoms with Crippen LogP contribution in [0.1, 0.15) is 31.4 Å². The van der Waals surface area contributed by atoms with Crippen molar-refractivity contribution in [2.75, 3.05) is 13.1 Å². The van der Waals surface area contributed by atoms with Crippen LogP contribution in [-0.4, -0.2) is 39.7 Å². The summed E-state index contributed by atoms with van der Waals surface area (Å²) in [6.45, 7) is 5.31. The average molecular weight is 309 g/mol. The van der Waals surface area contributed by atoms with E-state index in [1.165, 1.54) is 0 Å². The number of aromatic nitrogens is 2. The molecule has 1 amide bonds. The molecule has 0 spiro atoms. The van der Waals surface area contributed by atoms with Gasteiger partial charge in [-0.3, -0.25) is 9.48 Å². The van der Waals surface area contributed by atoms with E-state index < -0.39 is 6.04 Å². The van der Waals surface area contributed by atoms with Gasteiger partial charge in [0.25, 0.3) is 0 Å². The molecule has 1 aromatic heterocycles. The predicted octanol–water partition coefficient (Wildman–Crippen LogP) is 1.55. The van der Waals surface area contributed by atoms with E-state index in [0.717, 1.165) is 31.5 Å². The van der Waals surface area contributed by atoms with Crippen LogP contribution < -0.4 is 5.73 Å². The smallest absolute Gasteiger partial charge is 0.239 e. The van der Waals surface area contributed by atoms with Crippen molar-refractivity contribution in [1.82, 2.24) is 14.7 Å². The molecular formula is C12H22Cl2N4O. The minimum absolute atomic E-state index is 0. The monoisotopic (exact) mass is 308 g/mol. The standard InChI is InChI=1S/C12H20N4O.2ClH/c1-9-6-14-16(7-9)11-4-3-5-15(8-11)12(17)10(2)13;;/h6-7,10-11H,3-5,8,13H2,1-2H3;2*1H/t10-,11?;;/m1../s1. The van der Waals surface area contributed by atoms with Crippen molar-refractivity contribution < 1.29 is 4.79 Å². The molecule has 2 N–H and O–H groups in total. The SMILES string of the molecule is Cc1cnn(C2CCCN(C(=O)[C@@H](C)N)C2)c1.Cl.Cl. The van der Waals surface area contributed by atoms with Crippen LogP contribution in [0.4, 0.5) is 0 Å². The highest BCUT2D eigenvalue weighted by Crippen LogP contribution is 2.21. The van der Waals surface area contributed by atoms with E-state index in [-0.39, 0.29) is 30.7 Å². The predicted molar refractivity (Wildman–Crippen MR) is 80.0 cm³/mol. The van der Waals surface area contributed by atoms with Gasteiger partial charge in [-0.1, -0.05) is 0 Å². The lowest BCUT2D eigenvalue weighted by molar-refractivity contribution is -0.133. The van der Waals surface area contributed by atoms with Crippen molar-refractivity contribution in [3.05, 3.63) is 18.0 Å². The number of likely N-dealkylation sites (tertiary alicyclic amines) is 1. The van der Waals surface area contributed by atoms with Gasteiger partial charge in [0, 0.05) is 19.3 Å². The van der Waals surface area contributed by atoms with Crippen molar-refractivity contribution >= 4 is 30.7 Å². The maximum atomic E-state index is 11.9. The van der Waals surface area contributed by atoms with Crippen molar-refractivity contribution in [2.24, 2.45) is 5.73 Å². The zero-order valence-corrected chi connectivity index (χ0v) is 12.9. The lowest BCUT2D eigenvalue weighted by Crippen LogP contribution is -2.47. The molecule has 19 heavy (non-hydrogen) atoms. The van der Waals surface area contributed by atoms with E-state index in [1.807, 2.05) is 28.9 Å². The number of rotatable bonds is 2. The van der Waals surface area contributed by atoms with Gasteiger partial charge in [-0.2, -0.15) is 5.10 Å². The van der Waals surface area contributed by atoms with Crippen LogP contribution in [0.5, 0.6) is 0 Å². The van der Waals surface area contributed by atoms with E-state index in [4.69, 9.17) is 5.73 Å². The lowest BCUT2D eigenvalue weighted by atomic mass is 10.1. The van der Waals surface area contributed by atoms with Gasteiger partial charge in [0.2, 0.25) is 5.91 Å². The van der Waals surface area contributed by atoms with E-state index in [0.29, 0.717) is 6.04 Å².